The van der Waals surface area contributed by atoms with Gasteiger partial charge in [-0.25, -0.2) is 4.79 Å². The van der Waals surface area contributed by atoms with Gasteiger partial charge in [0, 0.05) is 18.0 Å². The van der Waals surface area contributed by atoms with Crippen molar-refractivity contribution in [2.45, 2.75) is 0 Å². The predicted octanol–water partition coefficient (Wildman–Crippen LogP) is 1.50. The Balaban J connectivity index is 2.82. The average molecular weight is 196 g/mol. The molecule has 0 radical (unpaired) electrons. The number of benzene rings is 1. The van der Waals surface area contributed by atoms with Gasteiger partial charge < -0.3 is 5.73 Å². The van der Waals surface area contributed by atoms with Crippen LogP contribution < -0.4 is 10.6 Å². The van der Waals surface area contributed by atoms with Crippen molar-refractivity contribution in [3.8, 4) is 0 Å². The van der Waals surface area contributed by atoms with Gasteiger partial charge in [0.2, 0.25) is 0 Å². The minimum atomic E-state index is -0.444. The normalized spacial score (nSPS) is 9.62. The van der Waals surface area contributed by atoms with E-state index in [4.69, 9.17) is 5.73 Å². The lowest BCUT2D eigenvalue weighted by Gasteiger charge is -2.18. The van der Waals surface area contributed by atoms with Crippen LogP contribution in [0.1, 0.15) is 0 Å². The number of para-hydroxylation sites is 1. The molecular weight excluding hydrogens is 184 g/mol. The number of rotatable bonds is 3. The summed E-state index contributed by atoms with van der Waals surface area (Å²) >= 11 is 4.06. The van der Waals surface area contributed by atoms with Crippen LogP contribution in [0, 0.1) is 0 Å². The molecule has 1 rings (SSSR count). The largest absolute Gasteiger partial charge is 0.351 e. The van der Waals surface area contributed by atoms with Gasteiger partial charge in [-0.2, -0.15) is 12.6 Å². The zero-order valence-corrected chi connectivity index (χ0v) is 8.08. The van der Waals surface area contributed by atoms with E-state index in [0.29, 0.717) is 12.3 Å². The van der Waals surface area contributed by atoms with Crippen molar-refractivity contribution < 1.29 is 4.79 Å². The molecule has 0 saturated carbocycles. The second-order valence-electron chi connectivity index (χ2n) is 2.55. The maximum Gasteiger partial charge on any atom is 0.319 e. The fraction of sp³-hybridized carbons (Fsp3) is 0.222. The number of nitrogens with zero attached hydrogens (tertiary/aromatic N) is 1. The number of amides is 2. The number of hydrogen-bond acceptors (Lipinski definition) is 2. The van der Waals surface area contributed by atoms with Gasteiger partial charge in [0.05, 0.1) is 0 Å². The Morgan fingerprint density at radius 2 is 2.00 bits per heavy atom. The van der Waals surface area contributed by atoms with E-state index in [-0.39, 0.29) is 0 Å². The number of primary amides is 1. The molecule has 0 aliphatic carbocycles. The van der Waals surface area contributed by atoms with Crippen LogP contribution in [-0.4, -0.2) is 18.3 Å². The van der Waals surface area contributed by atoms with E-state index in [0.717, 1.165) is 5.69 Å². The van der Waals surface area contributed by atoms with Gasteiger partial charge in [0.25, 0.3) is 0 Å². The minimum absolute atomic E-state index is 0.444. The number of hydrogen-bond donors (Lipinski definition) is 2. The van der Waals surface area contributed by atoms with E-state index in [1.165, 1.54) is 4.90 Å². The Hall–Kier alpha value is -1.16. The third-order valence-electron chi connectivity index (χ3n) is 1.66. The van der Waals surface area contributed by atoms with Crippen molar-refractivity contribution in [2.24, 2.45) is 5.73 Å². The second kappa shape index (κ2) is 4.77. The second-order valence-corrected chi connectivity index (χ2v) is 3.00. The van der Waals surface area contributed by atoms with E-state index >= 15 is 0 Å². The van der Waals surface area contributed by atoms with Gasteiger partial charge in [-0.1, -0.05) is 18.2 Å². The van der Waals surface area contributed by atoms with E-state index in [1.54, 1.807) is 0 Å². The maximum atomic E-state index is 11.0. The van der Waals surface area contributed by atoms with E-state index in [1.807, 2.05) is 30.3 Å². The lowest BCUT2D eigenvalue weighted by Crippen LogP contribution is -2.37. The first-order valence-electron chi connectivity index (χ1n) is 3.98. The number of nitrogens with two attached hydrogens (primary N) is 1. The molecule has 0 aliphatic heterocycles. The van der Waals surface area contributed by atoms with Crippen molar-refractivity contribution in [3.05, 3.63) is 30.3 Å². The molecule has 1 aromatic rings. The van der Waals surface area contributed by atoms with Crippen molar-refractivity contribution in [3.63, 3.8) is 0 Å². The smallest absolute Gasteiger partial charge is 0.319 e. The number of anilines is 1. The van der Waals surface area contributed by atoms with Gasteiger partial charge in [-0.15, -0.1) is 0 Å². The highest BCUT2D eigenvalue weighted by molar-refractivity contribution is 7.80. The molecular formula is C9H12N2OS. The predicted molar refractivity (Wildman–Crippen MR) is 57.2 cm³/mol. The van der Waals surface area contributed by atoms with Crippen LogP contribution in [0.3, 0.4) is 0 Å². The lowest BCUT2D eigenvalue weighted by atomic mass is 10.3. The van der Waals surface area contributed by atoms with Crippen LogP contribution in [0.2, 0.25) is 0 Å². The molecule has 2 amide bonds. The molecule has 1 aromatic carbocycles. The van der Waals surface area contributed by atoms with Crippen LogP contribution in [0.4, 0.5) is 10.5 Å². The number of urea groups is 1. The summed E-state index contributed by atoms with van der Waals surface area (Å²) in [6.07, 6.45) is 0. The number of carbonyl (C=O) groups excluding carboxylic acids is 1. The summed E-state index contributed by atoms with van der Waals surface area (Å²) in [7, 11) is 0. The first-order valence-corrected chi connectivity index (χ1v) is 4.62. The first-order chi connectivity index (χ1) is 6.25. The summed E-state index contributed by atoms with van der Waals surface area (Å²) in [4.78, 5) is 12.5. The van der Waals surface area contributed by atoms with Crippen LogP contribution >= 0.6 is 12.6 Å². The highest BCUT2D eigenvalue weighted by Crippen LogP contribution is 2.12. The molecule has 13 heavy (non-hydrogen) atoms. The summed E-state index contributed by atoms with van der Waals surface area (Å²) in [5.74, 6) is 0.595. The molecule has 3 nitrogen and oxygen atoms in total. The van der Waals surface area contributed by atoms with Crippen LogP contribution in [0.5, 0.6) is 0 Å². The topological polar surface area (TPSA) is 46.3 Å². The molecule has 0 aromatic heterocycles. The summed E-state index contributed by atoms with van der Waals surface area (Å²) in [5.41, 5.74) is 6.02. The molecule has 0 unspecified atom stereocenters. The minimum Gasteiger partial charge on any atom is -0.351 e. The fourth-order valence-electron chi connectivity index (χ4n) is 1.07. The Bertz CT molecular complexity index is 276. The highest BCUT2D eigenvalue weighted by Gasteiger charge is 2.09. The Labute approximate surface area is 82.9 Å². The maximum absolute atomic E-state index is 11.0. The van der Waals surface area contributed by atoms with Crippen molar-refractivity contribution in [1.29, 1.82) is 0 Å². The molecule has 0 aliphatic rings. The summed E-state index contributed by atoms with van der Waals surface area (Å²) in [6, 6.07) is 8.86. The van der Waals surface area contributed by atoms with Gasteiger partial charge >= 0.3 is 6.03 Å². The van der Waals surface area contributed by atoms with E-state index in [2.05, 4.69) is 12.6 Å². The Morgan fingerprint density at radius 1 is 1.38 bits per heavy atom. The zero-order valence-electron chi connectivity index (χ0n) is 7.18. The molecule has 70 valence electrons. The first kappa shape index (κ1) is 9.92. The standard InChI is InChI=1S/C9H12N2OS/c10-9(12)11(6-7-13)8-4-2-1-3-5-8/h1-5,13H,6-7H2,(H2,10,12). The fourth-order valence-corrected chi connectivity index (χ4v) is 1.27. The molecule has 2 N–H and O–H groups in total. The van der Waals surface area contributed by atoms with Crippen LogP contribution in [0.25, 0.3) is 0 Å². The SMILES string of the molecule is NC(=O)N(CCS)c1ccccc1. The number of thiol groups is 1. The van der Waals surface area contributed by atoms with Crippen molar-refractivity contribution in [2.75, 3.05) is 17.2 Å². The summed E-state index contributed by atoms with van der Waals surface area (Å²) in [5, 5.41) is 0. The third kappa shape index (κ3) is 2.66. The van der Waals surface area contributed by atoms with E-state index in [9.17, 15) is 4.79 Å². The molecule has 0 spiro atoms. The molecule has 4 heteroatoms. The quantitative estimate of drug-likeness (QED) is 0.707. The van der Waals surface area contributed by atoms with Gasteiger partial charge in [-0.05, 0) is 12.1 Å². The Morgan fingerprint density at radius 3 is 2.46 bits per heavy atom. The highest BCUT2D eigenvalue weighted by atomic mass is 32.1. The summed E-state index contributed by atoms with van der Waals surface area (Å²) < 4.78 is 0. The van der Waals surface area contributed by atoms with Gasteiger partial charge in [0.15, 0.2) is 0 Å². The van der Waals surface area contributed by atoms with Crippen molar-refractivity contribution in [1.82, 2.24) is 0 Å². The number of carbonyl (C=O) groups is 1. The summed E-state index contributed by atoms with van der Waals surface area (Å²) in [6.45, 7) is 0.530. The average Bonchev–Trinajstić information content (AvgIpc) is 2.15. The zero-order chi connectivity index (χ0) is 9.68. The van der Waals surface area contributed by atoms with E-state index < -0.39 is 6.03 Å². The van der Waals surface area contributed by atoms with Crippen LogP contribution in [-0.2, 0) is 0 Å². The molecule has 0 fully saturated rings. The monoisotopic (exact) mass is 196 g/mol. The molecule has 0 heterocycles. The Kier molecular flexibility index (Phi) is 3.64. The van der Waals surface area contributed by atoms with Crippen LogP contribution in [0.15, 0.2) is 30.3 Å². The third-order valence-corrected chi connectivity index (χ3v) is 1.86. The molecule has 0 atom stereocenters. The van der Waals surface area contributed by atoms with Gasteiger partial charge in [0.1, 0.15) is 0 Å². The molecule has 0 saturated heterocycles. The lowest BCUT2D eigenvalue weighted by molar-refractivity contribution is 0.254. The van der Waals surface area contributed by atoms with Gasteiger partial charge in [-0.3, -0.25) is 4.90 Å². The molecule has 0 bridgehead atoms. The van der Waals surface area contributed by atoms with Crippen molar-refractivity contribution >= 4 is 24.3 Å².